The van der Waals surface area contributed by atoms with Gasteiger partial charge in [0.1, 0.15) is 5.82 Å². The summed E-state index contributed by atoms with van der Waals surface area (Å²) in [6, 6.07) is 8.09. The number of alkyl halides is 3. The van der Waals surface area contributed by atoms with Crippen LogP contribution in [0.5, 0.6) is 0 Å². The number of carboxylic acid groups (broad SMARTS) is 1. The van der Waals surface area contributed by atoms with Crippen LogP contribution in [0.4, 0.5) is 29.5 Å². The van der Waals surface area contributed by atoms with E-state index in [1.165, 1.54) is 23.9 Å². The van der Waals surface area contributed by atoms with E-state index in [4.69, 9.17) is 10.8 Å². The van der Waals surface area contributed by atoms with Gasteiger partial charge in [0, 0.05) is 12.3 Å². The Kier molecular flexibility index (Phi) is 5.78. The number of anilines is 2. The van der Waals surface area contributed by atoms with Crippen LogP contribution in [0.15, 0.2) is 41.4 Å². The number of hydrogen-bond donors (Lipinski definition) is 2. The van der Waals surface area contributed by atoms with Crippen molar-refractivity contribution in [2.45, 2.75) is 23.9 Å². The molecule has 0 aliphatic carbocycles. The minimum absolute atomic E-state index is 0.0849. The summed E-state index contributed by atoms with van der Waals surface area (Å²) in [5, 5.41) is 9.67. The first-order valence-electron chi connectivity index (χ1n) is 7.28. The molecule has 5 nitrogen and oxygen atoms in total. The van der Waals surface area contributed by atoms with Crippen molar-refractivity contribution < 1.29 is 23.1 Å². The predicted molar refractivity (Wildman–Crippen MR) is 90.7 cm³/mol. The van der Waals surface area contributed by atoms with Crippen molar-refractivity contribution >= 4 is 29.4 Å². The zero-order valence-electron chi connectivity index (χ0n) is 13.2. The average molecular weight is 371 g/mol. The third-order valence-electron chi connectivity index (χ3n) is 3.38. The Balaban J connectivity index is 2.06. The van der Waals surface area contributed by atoms with Crippen molar-refractivity contribution in [2.75, 3.05) is 17.2 Å². The number of nitrogen functional groups attached to an aromatic ring is 1. The number of hydrogen-bond acceptors (Lipinski definition) is 4. The summed E-state index contributed by atoms with van der Waals surface area (Å²) >= 11 is 1.30. The molecule has 0 atom stereocenters. The predicted octanol–water partition coefficient (Wildman–Crippen LogP) is 4.48. The van der Waals surface area contributed by atoms with E-state index < -0.39 is 17.8 Å². The molecule has 0 saturated carbocycles. The Bertz CT molecular complexity index is 751. The fourth-order valence-electron chi connectivity index (χ4n) is 2.11. The van der Waals surface area contributed by atoms with Crippen molar-refractivity contribution in [2.24, 2.45) is 0 Å². The van der Waals surface area contributed by atoms with Gasteiger partial charge in [-0.05, 0) is 36.8 Å². The van der Waals surface area contributed by atoms with Gasteiger partial charge in [0.25, 0.3) is 0 Å². The molecule has 25 heavy (non-hydrogen) atoms. The van der Waals surface area contributed by atoms with E-state index >= 15 is 0 Å². The number of aromatic nitrogens is 1. The van der Waals surface area contributed by atoms with E-state index in [1.807, 2.05) is 0 Å². The largest absolute Gasteiger partial charge is 0.465 e. The minimum Gasteiger partial charge on any atom is -0.465 e. The molecule has 2 aromatic rings. The van der Waals surface area contributed by atoms with Gasteiger partial charge in [0.05, 0.1) is 16.3 Å². The van der Waals surface area contributed by atoms with Crippen LogP contribution in [0.1, 0.15) is 18.1 Å². The molecule has 0 unspecified atom stereocenters. The summed E-state index contributed by atoms with van der Waals surface area (Å²) in [6.07, 6.45) is -5.48. The van der Waals surface area contributed by atoms with Crippen LogP contribution in [0.25, 0.3) is 0 Å². The number of thioether (sulfide) groups is 1. The monoisotopic (exact) mass is 371 g/mol. The third-order valence-corrected chi connectivity index (χ3v) is 4.38. The summed E-state index contributed by atoms with van der Waals surface area (Å²) in [5.41, 5.74) is 6.14. The Hall–Kier alpha value is -2.42. The SMILES string of the molecule is CCN(C(=O)O)c1ccc(SCc2ccc(C(F)(F)F)cc2)nc1N. The van der Waals surface area contributed by atoms with Crippen molar-refractivity contribution in [3.05, 3.63) is 47.5 Å². The van der Waals surface area contributed by atoms with Gasteiger partial charge < -0.3 is 10.8 Å². The maximum Gasteiger partial charge on any atom is 0.416 e. The molecule has 0 aliphatic heterocycles. The topological polar surface area (TPSA) is 79.5 Å². The lowest BCUT2D eigenvalue weighted by Crippen LogP contribution is -2.29. The fraction of sp³-hybridized carbons (Fsp3) is 0.250. The van der Waals surface area contributed by atoms with Crippen LogP contribution < -0.4 is 10.6 Å². The smallest absolute Gasteiger partial charge is 0.416 e. The minimum atomic E-state index is -4.35. The van der Waals surface area contributed by atoms with Gasteiger partial charge in [-0.15, -0.1) is 11.8 Å². The Morgan fingerprint density at radius 1 is 1.24 bits per heavy atom. The Morgan fingerprint density at radius 2 is 1.88 bits per heavy atom. The second kappa shape index (κ2) is 7.64. The molecule has 1 aromatic carbocycles. The molecular weight excluding hydrogens is 355 g/mol. The Labute approximate surface area is 146 Å². The number of benzene rings is 1. The Morgan fingerprint density at radius 3 is 2.36 bits per heavy atom. The summed E-state index contributed by atoms with van der Waals surface area (Å²) in [4.78, 5) is 16.4. The summed E-state index contributed by atoms with van der Waals surface area (Å²) in [5.74, 6) is 0.502. The maximum absolute atomic E-state index is 12.5. The van der Waals surface area contributed by atoms with Crippen LogP contribution in [-0.2, 0) is 11.9 Å². The molecule has 0 aliphatic rings. The van der Waals surface area contributed by atoms with Crippen LogP contribution in [0.3, 0.4) is 0 Å². The standard InChI is InChI=1S/C16H16F3N3O2S/c1-2-22(15(23)24)12-7-8-13(21-14(12)20)25-9-10-3-5-11(6-4-10)16(17,18)19/h3-8H,2,9H2,1H3,(H2,20,21)(H,23,24). The molecule has 134 valence electrons. The molecule has 1 aromatic heterocycles. The molecular formula is C16H16F3N3O2S. The van der Waals surface area contributed by atoms with Crippen LogP contribution in [-0.4, -0.2) is 22.7 Å². The van der Waals surface area contributed by atoms with Gasteiger partial charge in [-0.1, -0.05) is 12.1 Å². The first-order chi connectivity index (χ1) is 11.7. The lowest BCUT2D eigenvalue weighted by atomic mass is 10.1. The highest BCUT2D eigenvalue weighted by molar-refractivity contribution is 7.98. The number of amides is 1. The number of halogens is 3. The molecule has 0 fully saturated rings. The van der Waals surface area contributed by atoms with Gasteiger partial charge in [0.2, 0.25) is 0 Å². The quantitative estimate of drug-likeness (QED) is 0.758. The van der Waals surface area contributed by atoms with E-state index in [0.29, 0.717) is 22.0 Å². The lowest BCUT2D eigenvalue weighted by Gasteiger charge is -2.18. The molecule has 0 spiro atoms. The molecule has 9 heteroatoms. The molecule has 1 amide bonds. The summed E-state index contributed by atoms with van der Waals surface area (Å²) < 4.78 is 37.6. The molecule has 0 bridgehead atoms. The van der Waals surface area contributed by atoms with Gasteiger partial charge in [0.15, 0.2) is 0 Å². The molecule has 2 rings (SSSR count). The van der Waals surface area contributed by atoms with E-state index in [0.717, 1.165) is 17.0 Å². The van der Waals surface area contributed by atoms with E-state index in [9.17, 15) is 18.0 Å². The maximum atomic E-state index is 12.5. The highest BCUT2D eigenvalue weighted by Crippen LogP contribution is 2.31. The first-order valence-corrected chi connectivity index (χ1v) is 8.27. The molecule has 0 radical (unpaired) electrons. The number of rotatable bonds is 5. The highest BCUT2D eigenvalue weighted by Gasteiger charge is 2.29. The number of nitrogens with two attached hydrogens (primary N) is 1. The second-order valence-corrected chi connectivity index (χ2v) is 6.06. The number of carbonyl (C=O) groups is 1. The van der Waals surface area contributed by atoms with Gasteiger partial charge in [-0.2, -0.15) is 13.2 Å². The highest BCUT2D eigenvalue weighted by atomic mass is 32.2. The molecule has 0 saturated heterocycles. The van der Waals surface area contributed by atoms with Crippen LogP contribution in [0, 0.1) is 0 Å². The van der Waals surface area contributed by atoms with Crippen molar-refractivity contribution in [1.82, 2.24) is 4.98 Å². The van der Waals surface area contributed by atoms with E-state index in [2.05, 4.69) is 4.98 Å². The third kappa shape index (κ3) is 4.79. The average Bonchev–Trinajstić information content (AvgIpc) is 2.54. The number of nitrogens with zero attached hydrogens (tertiary/aromatic N) is 2. The summed E-state index contributed by atoms with van der Waals surface area (Å²) in [7, 11) is 0. The van der Waals surface area contributed by atoms with Gasteiger partial charge in [-0.3, -0.25) is 4.90 Å². The number of pyridine rings is 1. The first kappa shape index (κ1) is 18.9. The zero-order chi connectivity index (χ0) is 18.6. The van der Waals surface area contributed by atoms with Crippen molar-refractivity contribution in [3.8, 4) is 0 Å². The van der Waals surface area contributed by atoms with E-state index in [1.54, 1.807) is 19.1 Å². The van der Waals surface area contributed by atoms with Gasteiger partial charge >= 0.3 is 12.3 Å². The fourth-order valence-corrected chi connectivity index (χ4v) is 2.95. The summed E-state index contributed by atoms with van der Waals surface area (Å²) in [6.45, 7) is 1.92. The van der Waals surface area contributed by atoms with Crippen LogP contribution in [0.2, 0.25) is 0 Å². The van der Waals surface area contributed by atoms with Crippen molar-refractivity contribution in [1.29, 1.82) is 0 Å². The lowest BCUT2D eigenvalue weighted by molar-refractivity contribution is -0.137. The zero-order valence-corrected chi connectivity index (χ0v) is 14.1. The normalized spacial score (nSPS) is 11.4. The molecule has 1 heterocycles. The molecule has 3 N–H and O–H groups in total. The second-order valence-electron chi connectivity index (χ2n) is 5.06. The van der Waals surface area contributed by atoms with Crippen molar-refractivity contribution in [3.63, 3.8) is 0 Å². The van der Waals surface area contributed by atoms with E-state index in [-0.39, 0.29) is 12.4 Å². The van der Waals surface area contributed by atoms with Crippen LogP contribution >= 0.6 is 11.8 Å². The van der Waals surface area contributed by atoms with Gasteiger partial charge in [-0.25, -0.2) is 9.78 Å².